The molecule has 1 N–H and O–H groups in total. The number of likely N-dealkylation sites (tertiary alicyclic amines) is 1. The Labute approximate surface area is 101 Å². The number of nitrogens with zero attached hydrogens (tertiary/aromatic N) is 1. The van der Waals surface area contributed by atoms with E-state index in [4.69, 9.17) is 0 Å². The molecule has 5 heteroatoms. The van der Waals surface area contributed by atoms with Crippen LogP contribution in [0.1, 0.15) is 40.0 Å². The number of hydrogen-bond acceptors (Lipinski definition) is 2. The summed E-state index contributed by atoms with van der Waals surface area (Å²) in [4.78, 5) is 2.01. The van der Waals surface area contributed by atoms with Crippen molar-refractivity contribution in [1.82, 2.24) is 4.90 Å². The predicted octanol–water partition coefficient (Wildman–Crippen LogP) is 2.81. The van der Waals surface area contributed by atoms with Gasteiger partial charge in [0.15, 0.2) is 5.60 Å². The molecule has 0 radical (unpaired) electrons. The molecular weight excluding hydrogens is 231 g/mol. The minimum Gasteiger partial charge on any atom is -0.380 e. The summed E-state index contributed by atoms with van der Waals surface area (Å²) >= 11 is 0. The van der Waals surface area contributed by atoms with Gasteiger partial charge in [-0.25, -0.2) is 0 Å². The Bertz CT molecular complexity index is 249. The average molecular weight is 253 g/mol. The second kappa shape index (κ2) is 4.76. The Kier molecular flexibility index (Phi) is 4.14. The number of aliphatic hydroxyl groups is 1. The van der Waals surface area contributed by atoms with E-state index in [1.54, 1.807) is 0 Å². The van der Waals surface area contributed by atoms with Crippen molar-refractivity contribution in [3.8, 4) is 0 Å². The monoisotopic (exact) mass is 253 g/mol. The van der Waals surface area contributed by atoms with Crippen LogP contribution in [0.25, 0.3) is 0 Å². The fourth-order valence-electron chi connectivity index (χ4n) is 1.92. The lowest BCUT2D eigenvalue weighted by molar-refractivity contribution is -0.272. The van der Waals surface area contributed by atoms with Crippen molar-refractivity contribution in [2.75, 3.05) is 19.6 Å². The summed E-state index contributed by atoms with van der Waals surface area (Å²) in [6.45, 7) is 7.80. The van der Waals surface area contributed by atoms with Gasteiger partial charge in [0, 0.05) is 13.1 Å². The van der Waals surface area contributed by atoms with Crippen molar-refractivity contribution in [3.05, 3.63) is 0 Å². The van der Waals surface area contributed by atoms with Gasteiger partial charge in [0.25, 0.3) is 0 Å². The molecule has 0 aromatic heterocycles. The smallest absolute Gasteiger partial charge is 0.380 e. The molecule has 1 fully saturated rings. The zero-order chi connectivity index (χ0) is 13.3. The van der Waals surface area contributed by atoms with Gasteiger partial charge in [-0.2, -0.15) is 13.2 Å². The van der Waals surface area contributed by atoms with Gasteiger partial charge < -0.3 is 10.0 Å². The van der Waals surface area contributed by atoms with Gasteiger partial charge in [-0.15, -0.1) is 0 Å². The summed E-state index contributed by atoms with van der Waals surface area (Å²) < 4.78 is 37.7. The van der Waals surface area contributed by atoms with Gasteiger partial charge in [0.05, 0.1) is 0 Å². The highest BCUT2D eigenvalue weighted by molar-refractivity contribution is 4.92. The van der Waals surface area contributed by atoms with Gasteiger partial charge in [-0.1, -0.05) is 20.8 Å². The summed E-state index contributed by atoms with van der Waals surface area (Å²) in [6.07, 6.45) is -3.96. The van der Waals surface area contributed by atoms with Gasteiger partial charge in [0.2, 0.25) is 0 Å². The lowest BCUT2D eigenvalue weighted by atomic mass is 9.89. The maximum Gasteiger partial charge on any atom is 0.417 e. The molecule has 2 nitrogen and oxygen atoms in total. The summed E-state index contributed by atoms with van der Waals surface area (Å²) in [5, 5.41) is 9.50. The Morgan fingerprint density at radius 3 is 1.94 bits per heavy atom. The van der Waals surface area contributed by atoms with Crippen LogP contribution in [0.2, 0.25) is 0 Å². The normalized spacial score (nSPS) is 22.8. The van der Waals surface area contributed by atoms with Crippen LogP contribution >= 0.6 is 0 Å². The van der Waals surface area contributed by atoms with E-state index >= 15 is 0 Å². The lowest BCUT2D eigenvalue weighted by Gasteiger charge is -2.39. The summed E-state index contributed by atoms with van der Waals surface area (Å²) in [5.41, 5.74) is -2.27. The number of alkyl halides is 3. The molecule has 1 heterocycles. The SMILES string of the molecule is CC(C)(C)CCN1CCC(O)(C(F)(F)F)CC1. The molecule has 1 saturated heterocycles. The van der Waals surface area contributed by atoms with E-state index in [-0.39, 0.29) is 18.3 Å². The van der Waals surface area contributed by atoms with Crippen molar-refractivity contribution in [2.24, 2.45) is 5.41 Å². The lowest BCUT2D eigenvalue weighted by Crippen LogP contribution is -2.53. The number of rotatable bonds is 2. The highest BCUT2D eigenvalue weighted by Crippen LogP contribution is 2.38. The van der Waals surface area contributed by atoms with Crippen LogP contribution in [0, 0.1) is 5.41 Å². The van der Waals surface area contributed by atoms with Gasteiger partial charge >= 0.3 is 6.18 Å². The molecule has 0 spiro atoms. The number of piperidine rings is 1. The van der Waals surface area contributed by atoms with Crippen LogP contribution in [-0.2, 0) is 0 Å². The largest absolute Gasteiger partial charge is 0.417 e. The van der Waals surface area contributed by atoms with E-state index in [1.165, 1.54) is 0 Å². The molecule has 1 rings (SSSR count). The second-order valence-corrected chi connectivity index (χ2v) is 6.18. The summed E-state index contributed by atoms with van der Waals surface area (Å²) in [5.74, 6) is 0. The fourth-order valence-corrected chi connectivity index (χ4v) is 1.92. The molecule has 0 saturated carbocycles. The van der Waals surface area contributed by atoms with E-state index in [0.717, 1.165) is 13.0 Å². The van der Waals surface area contributed by atoms with Gasteiger partial charge in [0.1, 0.15) is 0 Å². The first-order chi connectivity index (χ1) is 7.54. The first kappa shape index (κ1) is 14.8. The van der Waals surface area contributed by atoms with Crippen molar-refractivity contribution in [2.45, 2.75) is 51.8 Å². The van der Waals surface area contributed by atoms with E-state index in [9.17, 15) is 18.3 Å². The Morgan fingerprint density at radius 1 is 1.12 bits per heavy atom. The molecule has 0 atom stereocenters. The third kappa shape index (κ3) is 4.14. The van der Waals surface area contributed by atoms with Crippen molar-refractivity contribution < 1.29 is 18.3 Å². The standard InChI is InChI=1S/C12H22F3NO/c1-10(2,3)4-7-16-8-5-11(17,6-9-16)12(13,14)15/h17H,4-9H2,1-3H3. The van der Waals surface area contributed by atoms with Crippen LogP contribution in [0.5, 0.6) is 0 Å². The first-order valence-corrected chi connectivity index (χ1v) is 6.05. The van der Waals surface area contributed by atoms with Crippen molar-refractivity contribution in [3.63, 3.8) is 0 Å². The third-order valence-corrected chi connectivity index (χ3v) is 3.39. The second-order valence-electron chi connectivity index (χ2n) is 6.18. The van der Waals surface area contributed by atoms with Crippen LogP contribution in [0.3, 0.4) is 0 Å². The average Bonchev–Trinajstić information content (AvgIpc) is 2.14. The Morgan fingerprint density at radius 2 is 1.59 bits per heavy atom. The zero-order valence-electron chi connectivity index (χ0n) is 10.8. The van der Waals surface area contributed by atoms with Gasteiger partial charge in [-0.05, 0) is 31.2 Å². The molecule has 102 valence electrons. The highest BCUT2D eigenvalue weighted by Gasteiger charge is 2.54. The maximum absolute atomic E-state index is 12.6. The maximum atomic E-state index is 12.6. The van der Waals surface area contributed by atoms with E-state index in [2.05, 4.69) is 20.8 Å². The third-order valence-electron chi connectivity index (χ3n) is 3.39. The molecule has 0 unspecified atom stereocenters. The summed E-state index contributed by atoms with van der Waals surface area (Å²) in [6, 6.07) is 0. The van der Waals surface area contributed by atoms with Crippen LogP contribution in [0.4, 0.5) is 13.2 Å². The molecule has 1 aliphatic rings. The molecule has 0 aromatic rings. The minimum atomic E-state index is -4.50. The predicted molar refractivity (Wildman–Crippen MR) is 60.8 cm³/mol. The topological polar surface area (TPSA) is 23.5 Å². The van der Waals surface area contributed by atoms with Gasteiger partial charge in [-0.3, -0.25) is 0 Å². The van der Waals surface area contributed by atoms with E-state index in [0.29, 0.717) is 13.1 Å². The number of halogens is 3. The molecule has 0 aliphatic carbocycles. The van der Waals surface area contributed by atoms with Crippen molar-refractivity contribution in [1.29, 1.82) is 0 Å². The van der Waals surface area contributed by atoms with E-state index < -0.39 is 11.8 Å². The molecule has 17 heavy (non-hydrogen) atoms. The molecule has 0 amide bonds. The Hall–Kier alpha value is -0.290. The molecular formula is C12H22F3NO. The first-order valence-electron chi connectivity index (χ1n) is 6.05. The molecule has 0 aromatic carbocycles. The van der Waals surface area contributed by atoms with Crippen molar-refractivity contribution >= 4 is 0 Å². The minimum absolute atomic E-state index is 0.192. The highest BCUT2D eigenvalue weighted by atomic mass is 19.4. The van der Waals surface area contributed by atoms with Crippen LogP contribution < -0.4 is 0 Å². The van der Waals surface area contributed by atoms with Crippen LogP contribution in [0.15, 0.2) is 0 Å². The fraction of sp³-hybridized carbons (Fsp3) is 1.00. The quantitative estimate of drug-likeness (QED) is 0.818. The van der Waals surface area contributed by atoms with Crippen LogP contribution in [-0.4, -0.2) is 41.4 Å². The van der Waals surface area contributed by atoms with E-state index in [1.807, 2.05) is 4.90 Å². The Balaban J connectivity index is 2.41. The summed E-state index contributed by atoms with van der Waals surface area (Å²) in [7, 11) is 0. The zero-order valence-corrected chi connectivity index (χ0v) is 10.8. The molecule has 1 aliphatic heterocycles. The number of hydrogen-bond donors (Lipinski definition) is 1. The molecule has 0 bridgehead atoms.